The SMILES string of the molecule is O=[N+]([O-])c1c(NC2CCCCC2)ccc2nonc12. The molecule has 1 heterocycles. The zero-order valence-electron chi connectivity index (χ0n) is 10.3. The number of fused-ring (bicyclic) bond motifs is 1. The highest BCUT2D eigenvalue weighted by molar-refractivity contribution is 5.90. The third-order valence-corrected chi connectivity index (χ3v) is 3.55. The molecule has 1 aromatic heterocycles. The first-order valence-corrected chi connectivity index (χ1v) is 6.42. The van der Waals surface area contributed by atoms with Crippen LogP contribution in [0.5, 0.6) is 0 Å². The second kappa shape index (κ2) is 4.83. The van der Waals surface area contributed by atoms with Crippen molar-refractivity contribution in [3.05, 3.63) is 22.2 Å². The summed E-state index contributed by atoms with van der Waals surface area (Å²) < 4.78 is 4.57. The lowest BCUT2D eigenvalue weighted by Crippen LogP contribution is -2.22. The van der Waals surface area contributed by atoms with Crippen LogP contribution in [0.1, 0.15) is 32.1 Å². The van der Waals surface area contributed by atoms with Gasteiger partial charge in [-0.05, 0) is 35.3 Å². The van der Waals surface area contributed by atoms with Crippen LogP contribution >= 0.6 is 0 Å². The van der Waals surface area contributed by atoms with Crippen LogP contribution in [0.4, 0.5) is 11.4 Å². The van der Waals surface area contributed by atoms with Crippen molar-refractivity contribution in [2.45, 2.75) is 38.1 Å². The summed E-state index contributed by atoms with van der Waals surface area (Å²) in [6.45, 7) is 0. The Morgan fingerprint density at radius 3 is 2.79 bits per heavy atom. The average Bonchev–Trinajstić information content (AvgIpc) is 2.87. The number of nitro benzene ring substituents is 1. The van der Waals surface area contributed by atoms with Gasteiger partial charge < -0.3 is 5.32 Å². The van der Waals surface area contributed by atoms with Gasteiger partial charge in [-0.25, -0.2) is 4.63 Å². The van der Waals surface area contributed by atoms with Gasteiger partial charge in [0.1, 0.15) is 11.2 Å². The van der Waals surface area contributed by atoms with Gasteiger partial charge in [0.05, 0.1) is 4.92 Å². The Hall–Kier alpha value is -2.18. The van der Waals surface area contributed by atoms with E-state index in [4.69, 9.17) is 0 Å². The summed E-state index contributed by atoms with van der Waals surface area (Å²) in [5, 5.41) is 21.8. The lowest BCUT2D eigenvalue weighted by atomic mass is 9.95. The van der Waals surface area contributed by atoms with Gasteiger partial charge in [0, 0.05) is 6.04 Å². The van der Waals surface area contributed by atoms with Crippen LogP contribution in [0, 0.1) is 10.1 Å². The molecule has 1 aliphatic rings. The summed E-state index contributed by atoms with van der Waals surface area (Å²) in [4.78, 5) is 10.8. The van der Waals surface area contributed by atoms with E-state index in [0.29, 0.717) is 17.2 Å². The molecule has 0 saturated heterocycles. The molecule has 0 aliphatic heterocycles. The lowest BCUT2D eigenvalue weighted by molar-refractivity contribution is -0.382. The number of anilines is 1. The fourth-order valence-corrected chi connectivity index (χ4v) is 2.61. The zero-order valence-corrected chi connectivity index (χ0v) is 10.3. The lowest BCUT2D eigenvalue weighted by Gasteiger charge is -2.23. The van der Waals surface area contributed by atoms with Crippen LogP contribution in [0.2, 0.25) is 0 Å². The van der Waals surface area contributed by atoms with Gasteiger partial charge in [0.25, 0.3) is 0 Å². The highest BCUT2D eigenvalue weighted by Gasteiger charge is 2.24. The number of nitrogens with one attached hydrogen (secondary N) is 1. The van der Waals surface area contributed by atoms with Crippen molar-refractivity contribution in [2.24, 2.45) is 0 Å². The largest absolute Gasteiger partial charge is 0.377 e. The van der Waals surface area contributed by atoms with E-state index in [1.165, 1.54) is 19.3 Å². The standard InChI is InChI=1S/C12H14N4O3/c17-16(18)12-10(13-8-4-2-1-3-5-8)7-6-9-11(12)15-19-14-9/h6-8,13H,1-5H2. The first kappa shape index (κ1) is 11.9. The fraction of sp³-hybridized carbons (Fsp3) is 0.500. The summed E-state index contributed by atoms with van der Waals surface area (Å²) in [5.41, 5.74) is 1.05. The summed E-state index contributed by atoms with van der Waals surface area (Å²) in [7, 11) is 0. The van der Waals surface area contributed by atoms with Crippen molar-refractivity contribution in [3.8, 4) is 0 Å². The summed E-state index contributed by atoms with van der Waals surface area (Å²) in [6, 6.07) is 3.66. The summed E-state index contributed by atoms with van der Waals surface area (Å²) in [6.07, 6.45) is 5.67. The number of hydrogen-bond donors (Lipinski definition) is 1. The molecule has 1 aromatic carbocycles. The van der Waals surface area contributed by atoms with E-state index >= 15 is 0 Å². The average molecular weight is 262 g/mol. The molecule has 19 heavy (non-hydrogen) atoms. The smallest absolute Gasteiger partial charge is 0.323 e. The second-order valence-corrected chi connectivity index (χ2v) is 4.83. The molecule has 0 radical (unpaired) electrons. The zero-order chi connectivity index (χ0) is 13.2. The predicted octanol–water partition coefficient (Wildman–Crippen LogP) is 2.88. The molecule has 0 spiro atoms. The van der Waals surface area contributed by atoms with E-state index < -0.39 is 4.92 Å². The van der Waals surface area contributed by atoms with E-state index in [2.05, 4.69) is 20.3 Å². The third-order valence-electron chi connectivity index (χ3n) is 3.55. The molecule has 7 heteroatoms. The van der Waals surface area contributed by atoms with Gasteiger partial charge in [-0.1, -0.05) is 19.3 Å². The van der Waals surface area contributed by atoms with Gasteiger partial charge >= 0.3 is 5.69 Å². The quantitative estimate of drug-likeness (QED) is 0.675. The Morgan fingerprint density at radius 1 is 1.26 bits per heavy atom. The first-order valence-electron chi connectivity index (χ1n) is 6.42. The number of hydrogen-bond acceptors (Lipinski definition) is 6. The number of nitrogens with zero attached hydrogens (tertiary/aromatic N) is 3. The number of aromatic nitrogens is 2. The molecule has 3 rings (SSSR count). The highest BCUT2D eigenvalue weighted by atomic mass is 16.6. The van der Waals surface area contributed by atoms with Gasteiger partial charge in [0.2, 0.25) is 5.52 Å². The maximum Gasteiger partial charge on any atom is 0.323 e. The minimum atomic E-state index is -0.433. The monoisotopic (exact) mass is 262 g/mol. The normalized spacial score (nSPS) is 16.6. The minimum Gasteiger partial charge on any atom is -0.377 e. The Morgan fingerprint density at radius 2 is 2.05 bits per heavy atom. The first-order chi connectivity index (χ1) is 9.25. The molecule has 1 fully saturated rings. The maximum absolute atomic E-state index is 11.2. The molecule has 2 aromatic rings. The van der Waals surface area contributed by atoms with Gasteiger partial charge in [-0.2, -0.15) is 0 Å². The Kier molecular flexibility index (Phi) is 3.02. The molecule has 0 bridgehead atoms. The van der Waals surface area contributed by atoms with Gasteiger partial charge in [-0.15, -0.1) is 0 Å². The molecule has 1 N–H and O–H groups in total. The molecular formula is C12H14N4O3. The molecule has 7 nitrogen and oxygen atoms in total. The molecule has 1 aliphatic carbocycles. The Labute approximate surface area is 109 Å². The Balaban J connectivity index is 1.97. The van der Waals surface area contributed by atoms with Gasteiger partial charge in [-0.3, -0.25) is 10.1 Å². The Bertz CT molecular complexity index is 604. The van der Waals surface area contributed by atoms with Crippen LogP contribution in [0.3, 0.4) is 0 Å². The van der Waals surface area contributed by atoms with Crippen LogP contribution < -0.4 is 5.32 Å². The van der Waals surface area contributed by atoms with E-state index in [9.17, 15) is 10.1 Å². The van der Waals surface area contributed by atoms with Gasteiger partial charge in [0.15, 0.2) is 0 Å². The van der Waals surface area contributed by atoms with Crippen molar-refractivity contribution in [3.63, 3.8) is 0 Å². The second-order valence-electron chi connectivity index (χ2n) is 4.83. The van der Waals surface area contributed by atoms with Crippen molar-refractivity contribution >= 4 is 22.4 Å². The molecule has 0 amide bonds. The van der Waals surface area contributed by atoms with Crippen molar-refractivity contribution in [1.82, 2.24) is 10.3 Å². The predicted molar refractivity (Wildman–Crippen MR) is 69.0 cm³/mol. The summed E-state index contributed by atoms with van der Waals surface area (Å²) in [5.74, 6) is 0. The van der Waals surface area contributed by atoms with Crippen LogP contribution in [0.25, 0.3) is 11.0 Å². The van der Waals surface area contributed by atoms with E-state index in [1.54, 1.807) is 12.1 Å². The molecule has 0 atom stereocenters. The van der Waals surface area contributed by atoms with E-state index in [-0.39, 0.29) is 11.2 Å². The number of nitro groups is 1. The van der Waals surface area contributed by atoms with E-state index in [1.807, 2.05) is 0 Å². The summed E-state index contributed by atoms with van der Waals surface area (Å²) >= 11 is 0. The van der Waals surface area contributed by atoms with Crippen LogP contribution in [0.15, 0.2) is 16.8 Å². The molecule has 1 saturated carbocycles. The minimum absolute atomic E-state index is 0.0516. The molecule has 0 unspecified atom stereocenters. The number of rotatable bonds is 3. The van der Waals surface area contributed by atoms with Crippen LogP contribution in [-0.2, 0) is 0 Å². The maximum atomic E-state index is 11.2. The fourth-order valence-electron chi connectivity index (χ4n) is 2.61. The molecule has 100 valence electrons. The van der Waals surface area contributed by atoms with E-state index in [0.717, 1.165) is 12.8 Å². The number of benzene rings is 1. The van der Waals surface area contributed by atoms with Crippen LogP contribution in [-0.4, -0.2) is 21.3 Å². The highest BCUT2D eigenvalue weighted by Crippen LogP contribution is 2.33. The topological polar surface area (TPSA) is 94.1 Å². The third kappa shape index (κ3) is 2.23. The van der Waals surface area contributed by atoms with Crippen molar-refractivity contribution < 1.29 is 9.55 Å². The van der Waals surface area contributed by atoms with Crippen molar-refractivity contribution in [2.75, 3.05) is 5.32 Å². The van der Waals surface area contributed by atoms with Crippen molar-refractivity contribution in [1.29, 1.82) is 0 Å². The molecular weight excluding hydrogens is 248 g/mol.